The van der Waals surface area contributed by atoms with E-state index in [0.29, 0.717) is 0 Å². The van der Waals surface area contributed by atoms with Gasteiger partial charge in [-0.1, -0.05) is 74.5 Å². The number of hydrogen-bond donors (Lipinski definition) is 1. The molecule has 0 unspecified atom stereocenters. The van der Waals surface area contributed by atoms with E-state index < -0.39 is 0 Å². The minimum atomic E-state index is -0.0771. The first-order chi connectivity index (χ1) is 16.6. The first-order valence-corrected chi connectivity index (χ1v) is 11.7. The van der Waals surface area contributed by atoms with Gasteiger partial charge in [0.05, 0.1) is 11.2 Å². The molecule has 2 nitrogen and oxygen atoms in total. The molecule has 0 saturated carbocycles. The molecule has 1 N–H and O–H groups in total. The van der Waals surface area contributed by atoms with Gasteiger partial charge in [0, 0.05) is 21.6 Å². The van der Waals surface area contributed by atoms with Crippen molar-refractivity contribution in [3.05, 3.63) is 108 Å². The van der Waals surface area contributed by atoms with Crippen LogP contribution in [0, 0.1) is 12.1 Å². The summed E-state index contributed by atoms with van der Waals surface area (Å²) in [4.78, 5) is 0. The third-order valence-corrected chi connectivity index (χ3v) is 7.61. The van der Waals surface area contributed by atoms with Gasteiger partial charge in [-0.05, 0) is 69.5 Å². The van der Waals surface area contributed by atoms with Gasteiger partial charge in [0.15, 0.2) is 0 Å². The second-order valence-electron chi connectivity index (χ2n) is 9.74. The lowest BCUT2D eigenvalue weighted by molar-refractivity contribution is 0.616. The number of aromatic nitrogens is 1. The average molecular weight is 435 g/mol. The van der Waals surface area contributed by atoms with Gasteiger partial charge < -0.3 is 9.59 Å². The Morgan fingerprint density at radius 3 is 2.50 bits per heavy atom. The van der Waals surface area contributed by atoms with Crippen molar-refractivity contribution in [2.75, 3.05) is 0 Å². The summed E-state index contributed by atoms with van der Waals surface area (Å²) < 4.78 is 2.31. The number of nitrogens with zero attached hydrogens (tertiary/aromatic N) is 1. The van der Waals surface area contributed by atoms with Crippen LogP contribution in [0.4, 0.5) is 0 Å². The first kappa shape index (κ1) is 19.5. The summed E-state index contributed by atoms with van der Waals surface area (Å²) in [7, 11) is -0.000928. The van der Waals surface area contributed by atoms with E-state index in [1.165, 1.54) is 27.6 Å². The Labute approximate surface area is 199 Å². The van der Waals surface area contributed by atoms with E-state index in [1.54, 1.807) is 0 Å². The predicted molar refractivity (Wildman–Crippen MR) is 143 cm³/mol. The molecule has 0 atom stereocenters. The van der Waals surface area contributed by atoms with Crippen LogP contribution < -0.4 is 5.46 Å². The molecule has 5 aromatic carbocycles. The zero-order valence-electron chi connectivity index (χ0n) is 19.2. The highest BCUT2D eigenvalue weighted by molar-refractivity contribution is 6.50. The highest BCUT2D eigenvalue weighted by Crippen LogP contribution is 2.50. The molecule has 1 aliphatic rings. The highest BCUT2D eigenvalue weighted by Gasteiger charge is 2.36. The van der Waals surface area contributed by atoms with E-state index in [1.807, 2.05) is 18.2 Å². The summed E-state index contributed by atoms with van der Waals surface area (Å²) in [5, 5.41) is 14.7. The molecule has 1 aromatic heterocycles. The highest BCUT2D eigenvalue weighted by atomic mass is 16.2. The number of benzene rings is 4. The molecule has 0 fully saturated rings. The Bertz CT molecular complexity index is 1770. The molecule has 7 rings (SSSR count). The second-order valence-corrected chi connectivity index (χ2v) is 9.74. The Morgan fingerprint density at radius 2 is 1.65 bits per heavy atom. The van der Waals surface area contributed by atoms with Crippen LogP contribution >= 0.6 is 0 Å². The molecule has 0 bridgehead atoms. The topological polar surface area (TPSA) is 25.2 Å². The van der Waals surface area contributed by atoms with E-state index in [0.717, 1.165) is 38.3 Å². The van der Waals surface area contributed by atoms with Crippen LogP contribution in [0.2, 0.25) is 0 Å². The van der Waals surface area contributed by atoms with Crippen molar-refractivity contribution in [2.45, 2.75) is 19.3 Å². The van der Waals surface area contributed by atoms with Gasteiger partial charge in [0.2, 0.25) is 0 Å². The Balaban J connectivity index is 1.66. The average Bonchev–Trinajstić information content (AvgIpc) is 3.31. The van der Waals surface area contributed by atoms with Crippen LogP contribution in [0.25, 0.3) is 49.4 Å². The zero-order valence-corrected chi connectivity index (χ0v) is 19.2. The van der Waals surface area contributed by atoms with Crippen LogP contribution in [-0.4, -0.2) is 17.1 Å². The molecule has 1 heterocycles. The van der Waals surface area contributed by atoms with Crippen LogP contribution in [0.15, 0.2) is 84.9 Å². The van der Waals surface area contributed by atoms with Crippen molar-refractivity contribution < 1.29 is 5.02 Å². The molecule has 160 valence electrons. The van der Waals surface area contributed by atoms with E-state index >= 15 is 0 Å². The van der Waals surface area contributed by atoms with Crippen molar-refractivity contribution in [1.82, 2.24) is 4.57 Å². The predicted octanol–water partition coefficient (Wildman–Crippen LogP) is 5.81. The van der Waals surface area contributed by atoms with Crippen LogP contribution in [-0.2, 0) is 5.41 Å². The monoisotopic (exact) mass is 435 g/mol. The molecule has 1 aliphatic carbocycles. The molecule has 34 heavy (non-hydrogen) atoms. The Hall–Kier alpha value is -4.00. The van der Waals surface area contributed by atoms with Crippen molar-refractivity contribution in [3.63, 3.8) is 0 Å². The lowest BCUT2D eigenvalue weighted by atomic mass is 9.82. The molecule has 6 aromatic rings. The minimum absolute atomic E-state index is 0.000928. The zero-order chi connectivity index (χ0) is 23.0. The summed E-state index contributed by atoms with van der Waals surface area (Å²) in [6.45, 7) is 4.64. The van der Waals surface area contributed by atoms with Gasteiger partial charge in [0.1, 0.15) is 5.52 Å². The van der Waals surface area contributed by atoms with E-state index in [4.69, 9.17) is 0 Å². The van der Waals surface area contributed by atoms with Crippen molar-refractivity contribution in [3.8, 4) is 16.8 Å². The fourth-order valence-corrected chi connectivity index (χ4v) is 6.00. The Morgan fingerprint density at radius 1 is 0.824 bits per heavy atom. The normalized spacial score (nSPS) is 13.7. The summed E-state index contributed by atoms with van der Waals surface area (Å²) in [6.07, 6.45) is 0. The molecule has 0 spiro atoms. The van der Waals surface area contributed by atoms with Gasteiger partial charge in [-0.2, -0.15) is 0 Å². The maximum atomic E-state index is 10.2. The fourth-order valence-electron chi connectivity index (χ4n) is 6.00. The fraction of sp³-hybridized carbons (Fsp3) is 0.0968. The number of fused-ring (bicyclic) bond motifs is 7. The standard InChI is InChI=1S/C31H22BNO/c1-31(2)24-13-5-3-11-20(24)22-17-23-21-12-4-6-15-27(21)33(29(23)18-25(22)31)28-16-8-10-19-9-7-14-26(32-34)30(19)28/h3-5,7-14,16-18,32,34H,1-2H3. The quantitative estimate of drug-likeness (QED) is 0.341. The van der Waals surface area contributed by atoms with Gasteiger partial charge in [-0.25, -0.2) is 0 Å². The summed E-state index contributed by atoms with van der Waals surface area (Å²) in [5.41, 5.74) is 9.43. The third-order valence-electron chi connectivity index (χ3n) is 7.61. The maximum absolute atomic E-state index is 10.2. The largest absolute Gasteiger partial charge is 0.449 e. The molecular weight excluding hydrogens is 413 g/mol. The minimum Gasteiger partial charge on any atom is -0.449 e. The summed E-state index contributed by atoms with van der Waals surface area (Å²) in [5.74, 6) is 0. The van der Waals surface area contributed by atoms with Crippen molar-refractivity contribution in [1.29, 1.82) is 0 Å². The smallest absolute Gasteiger partial charge is 0.305 e. The lowest BCUT2D eigenvalue weighted by Gasteiger charge is -2.22. The van der Waals surface area contributed by atoms with E-state index in [9.17, 15) is 5.02 Å². The van der Waals surface area contributed by atoms with E-state index in [-0.39, 0.29) is 12.9 Å². The number of hydrogen-bond acceptors (Lipinski definition) is 1. The molecule has 0 radical (unpaired) electrons. The maximum Gasteiger partial charge on any atom is 0.305 e. The summed E-state index contributed by atoms with van der Waals surface area (Å²) in [6, 6.07) is 36.6. The van der Waals surface area contributed by atoms with Crippen molar-refractivity contribution in [2.24, 2.45) is 0 Å². The molecule has 0 aliphatic heterocycles. The SMILES string of the molecule is CC1(C)c2ccccc2-c2cc3c4ccc#cc4n(-c4cccc5cccc(BO)c45)c3cc21. The van der Waals surface area contributed by atoms with Crippen LogP contribution in [0.5, 0.6) is 0 Å². The van der Waals surface area contributed by atoms with Gasteiger partial charge in [-0.3, -0.25) is 0 Å². The van der Waals surface area contributed by atoms with Gasteiger partial charge in [0.25, 0.3) is 0 Å². The summed E-state index contributed by atoms with van der Waals surface area (Å²) >= 11 is 0. The molecular formula is C31H22BNO. The Kier molecular flexibility index (Phi) is 3.87. The second kappa shape index (κ2) is 6.76. The van der Waals surface area contributed by atoms with Gasteiger partial charge >= 0.3 is 7.48 Å². The van der Waals surface area contributed by atoms with Crippen molar-refractivity contribution >= 4 is 45.5 Å². The first-order valence-electron chi connectivity index (χ1n) is 11.7. The van der Waals surface area contributed by atoms with Crippen LogP contribution in [0.3, 0.4) is 0 Å². The molecule has 0 saturated heterocycles. The molecule has 0 amide bonds. The lowest BCUT2D eigenvalue weighted by Crippen LogP contribution is -2.16. The van der Waals surface area contributed by atoms with E-state index in [2.05, 4.69) is 97.3 Å². The van der Waals surface area contributed by atoms with Crippen LogP contribution in [0.1, 0.15) is 25.0 Å². The third kappa shape index (κ3) is 2.41. The molecule has 3 heteroatoms. The van der Waals surface area contributed by atoms with Gasteiger partial charge in [-0.15, -0.1) is 0 Å². The number of rotatable bonds is 2.